The predicted octanol–water partition coefficient (Wildman–Crippen LogP) is 1.25. The largest absolute Gasteiger partial charge is 0.286 e. The first-order valence-corrected chi connectivity index (χ1v) is 2.70. The first-order valence-electron chi connectivity index (χ1n) is 2.70. The van der Waals surface area contributed by atoms with Gasteiger partial charge < -0.3 is 0 Å². The number of hydrogen-bond acceptors (Lipinski definition) is 1. The average molecular weight is 123 g/mol. The van der Waals surface area contributed by atoms with Crippen molar-refractivity contribution in [3.63, 3.8) is 0 Å². The van der Waals surface area contributed by atoms with Crippen LogP contribution in [0.15, 0.2) is 0 Å². The Morgan fingerprint density at radius 1 is 1.50 bits per heavy atom. The van der Waals surface area contributed by atoms with Gasteiger partial charge in [-0.1, -0.05) is 6.92 Å². The van der Waals surface area contributed by atoms with E-state index in [1.54, 1.807) is 6.92 Å². The predicted molar refractivity (Wildman–Crippen MR) is 29.1 cm³/mol. The Labute approximate surface area is 48.1 Å². The van der Waals surface area contributed by atoms with Crippen molar-refractivity contribution in [2.45, 2.75) is 26.3 Å². The van der Waals surface area contributed by atoms with Crippen molar-refractivity contribution in [3.05, 3.63) is 0 Å². The van der Waals surface area contributed by atoms with Crippen LogP contribution in [0.1, 0.15) is 13.8 Å². The molecule has 0 saturated heterocycles. The van der Waals surface area contributed by atoms with E-state index in [9.17, 15) is 8.78 Å². The molecule has 0 rings (SSSR count). The molecule has 0 heterocycles. The molecule has 0 saturated carbocycles. The third-order valence-corrected chi connectivity index (χ3v) is 0.802. The fourth-order valence-corrected chi connectivity index (χ4v) is 0.357. The summed E-state index contributed by atoms with van der Waals surface area (Å²) in [4.78, 5) is 0. The number of hydrogen-bond donors (Lipinski definition) is 1. The average Bonchev–Trinajstić information content (AvgIpc) is 1.67. The van der Waals surface area contributed by atoms with Crippen molar-refractivity contribution in [2.24, 2.45) is 0 Å². The lowest BCUT2D eigenvalue weighted by atomic mass is 10.4. The molecule has 8 heavy (non-hydrogen) atoms. The summed E-state index contributed by atoms with van der Waals surface area (Å²) in [6.45, 7) is 3.39. The van der Waals surface area contributed by atoms with Crippen LogP contribution < -0.4 is 5.32 Å². The van der Waals surface area contributed by atoms with Gasteiger partial charge in [-0.3, -0.25) is 5.32 Å². The molecule has 0 amide bonds. The fourth-order valence-electron chi connectivity index (χ4n) is 0.357. The van der Waals surface area contributed by atoms with E-state index in [0.29, 0.717) is 6.54 Å². The second-order valence-corrected chi connectivity index (χ2v) is 1.64. The lowest BCUT2D eigenvalue weighted by Crippen LogP contribution is -2.31. The quantitative estimate of drug-likeness (QED) is 0.557. The molecule has 3 heteroatoms. The molecule has 0 fully saturated rings. The van der Waals surface area contributed by atoms with E-state index in [2.05, 4.69) is 5.32 Å². The molecule has 0 bridgehead atoms. The van der Waals surface area contributed by atoms with E-state index in [1.807, 2.05) is 0 Å². The molecular formula is C5H11F2N. The molecule has 0 aromatic carbocycles. The van der Waals surface area contributed by atoms with Gasteiger partial charge in [0.1, 0.15) is 6.17 Å². The van der Waals surface area contributed by atoms with Crippen LogP contribution in [0.25, 0.3) is 0 Å². The van der Waals surface area contributed by atoms with Gasteiger partial charge >= 0.3 is 0 Å². The van der Waals surface area contributed by atoms with Gasteiger partial charge in [0.05, 0.1) is 0 Å². The van der Waals surface area contributed by atoms with Gasteiger partial charge in [-0.2, -0.15) is 0 Å². The van der Waals surface area contributed by atoms with E-state index < -0.39 is 12.5 Å². The SMILES string of the molecule is CCNC(F)C(C)F. The van der Waals surface area contributed by atoms with Crippen LogP contribution in [0, 0.1) is 0 Å². The molecule has 0 aliphatic heterocycles. The van der Waals surface area contributed by atoms with Crippen LogP contribution in [0.2, 0.25) is 0 Å². The molecule has 0 aliphatic carbocycles. The highest BCUT2D eigenvalue weighted by molar-refractivity contribution is 4.57. The normalized spacial score (nSPS) is 18.0. The molecule has 2 unspecified atom stereocenters. The Hall–Kier alpha value is -0.180. The Kier molecular flexibility index (Phi) is 3.69. The van der Waals surface area contributed by atoms with E-state index in [1.165, 1.54) is 6.92 Å². The maximum atomic E-state index is 12.0. The molecule has 1 N–H and O–H groups in total. The van der Waals surface area contributed by atoms with Crippen molar-refractivity contribution in [1.82, 2.24) is 5.32 Å². The summed E-state index contributed by atoms with van der Waals surface area (Å²) in [6.07, 6.45) is -2.91. The summed E-state index contributed by atoms with van der Waals surface area (Å²) in [5.74, 6) is 0. The topological polar surface area (TPSA) is 12.0 Å². The summed E-state index contributed by atoms with van der Waals surface area (Å²) in [6, 6.07) is 0. The zero-order valence-corrected chi connectivity index (χ0v) is 5.12. The van der Waals surface area contributed by atoms with Crippen molar-refractivity contribution in [1.29, 1.82) is 0 Å². The standard InChI is InChI=1S/C5H11F2N/c1-3-8-5(7)4(2)6/h4-5,8H,3H2,1-2H3. The summed E-state index contributed by atoms with van der Waals surface area (Å²) < 4.78 is 23.9. The van der Waals surface area contributed by atoms with Gasteiger partial charge in [0.25, 0.3) is 0 Å². The molecule has 0 aromatic heterocycles. The maximum Gasteiger partial charge on any atom is 0.182 e. The van der Waals surface area contributed by atoms with Gasteiger partial charge in [-0.15, -0.1) is 0 Å². The second-order valence-electron chi connectivity index (χ2n) is 1.64. The summed E-state index contributed by atoms with van der Waals surface area (Å²) >= 11 is 0. The van der Waals surface area contributed by atoms with Gasteiger partial charge in [-0.25, -0.2) is 8.78 Å². The molecule has 1 nitrogen and oxygen atoms in total. The highest BCUT2D eigenvalue weighted by Gasteiger charge is 2.11. The van der Waals surface area contributed by atoms with Gasteiger partial charge in [0.2, 0.25) is 0 Å². The van der Waals surface area contributed by atoms with Crippen molar-refractivity contribution < 1.29 is 8.78 Å². The summed E-state index contributed by atoms with van der Waals surface area (Å²) in [5.41, 5.74) is 0. The van der Waals surface area contributed by atoms with E-state index >= 15 is 0 Å². The Morgan fingerprint density at radius 3 is 2.12 bits per heavy atom. The summed E-state index contributed by atoms with van der Waals surface area (Å²) in [5, 5.41) is 2.30. The van der Waals surface area contributed by atoms with Crippen molar-refractivity contribution >= 4 is 0 Å². The number of nitrogens with one attached hydrogen (secondary N) is 1. The minimum absolute atomic E-state index is 0.468. The number of halogens is 2. The lowest BCUT2D eigenvalue weighted by Gasteiger charge is -2.07. The number of alkyl halides is 2. The summed E-state index contributed by atoms with van der Waals surface area (Å²) in [7, 11) is 0. The minimum Gasteiger partial charge on any atom is -0.286 e. The Morgan fingerprint density at radius 2 is 2.00 bits per heavy atom. The minimum atomic E-state index is -1.50. The van der Waals surface area contributed by atoms with Crippen LogP contribution in [-0.4, -0.2) is 19.0 Å². The zero-order valence-electron chi connectivity index (χ0n) is 5.12. The van der Waals surface area contributed by atoms with Crippen LogP contribution in [0.5, 0.6) is 0 Å². The second kappa shape index (κ2) is 3.78. The highest BCUT2D eigenvalue weighted by atomic mass is 19.2. The van der Waals surface area contributed by atoms with E-state index in [-0.39, 0.29) is 0 Å². The third-order valence-electron chi connectivity index (χ3n) is 0.802. The maximum absolute atomic E-state index is 12.0. The molecular weight excluding hydrogens is 112 g/mol. The monoisotopic (exact) mass is 123 g/mol. The molecule has 2 atom stereocenters. The Balaban J connectivity index is 3.17. The first-order chi connectivity index (χ1) is 3.68. The van der Waals surface area contributed by atoms with Crippen molar-refractivity contribution in [2.75, 3.05) is 6.54 Å². The molecule has 0 radical (unpaired) electrons. The van der Waals surface area contributed by atoms with Crippen molar-refractivity contribution in [3.8, 4) is 0 Å². The Bertz CT molecular complexity index is 56.4. The van der Waals surface area contributed by atoms with Crippen LogP contribution >= 0.6 is 0 Å². The van der Waals surface area contributed by atoms with Crippen LogP contribution in [0.3, 0.4) is 0 Å². The molecule has 0 aromatic rings. The van der Waals surface area contributed by atoms with Crippen LogP contribution in [0.4, 0.5) is 8.78 Å². The van der Waals surface area contributed by atoms with Gasteiger partial charge in [-0.05, 0) is 13.5 Å². The number of rotatable bonds is 3. The zero-order chi connectivity index (χ0) is 6.57. The first kappa shape index (κ1) is 7.82. The molecule has 50 valence electrons. The lowest BCUT2D eigenvalue weighted by molar-refractivity contribution is 0.150. The van der Waals surface area contributed by atoms with Gasteiger partial charge in [0.15, 0.2) is 6.30 Å². The van der Waals surface area contributed by atoms with E-state index in [4.69, 9.17) is 0 Å². The van der Waals surface area contributed by atoms with E-state index in [0.717, 1.165) is 0 Å². The van der Waals surface area contributed by atoms with Gasteiger partial charge in [0, 0.05) is 0 Å². The smallest absolute Gasteiger partial charge is 0.182 e. The van der Waals surface area contributed by atoms with Crippen LogP contribution in [-0.2, 0) is 0 Å². The highest BCUT2D eigenvalue weighted by Crippen LogP contribution is 1.97. The molecule has 0 spiro atoms. The third kappa shape index (κ3) is 2.91. The molecule has 0 aliphatic rings. The fraction of sp³-hybridized carbons (Fsp3) is 1.00.